The van der Waals surface area contributed by atoms with Crippen molar-refractivity contribution in [3.8, 4) is 10.4 Å². The molecule has 0 unspecified atom stereocenters. The lowest BCUT2D eigenvalue weighted by Gasteiger charge is -2.13. The zero-order chi connectivity index (χ0) is 13.5. The Morgan fingerprint density at radius 2 is 1.79 bits per heavy atom. The molecule has 0 fully saturated rings. The summed E-state index contributed by atoms with van der Waals surface area (Å²) in [6.45, 7) is 1.52. The van der Waals surface area contributed by atoms with E-state index in [0.717, 1.165) is 6.54 Å². The molecule has 3 nitrogen and oxygen atoms in total. The Hall–Kier alpha value is -1.20. The molecular formula is C15H19NO2S. The predicted molar refractivity (Wildman–Crippen MR) is 79.3 cm³/mol. The fourth-order valence-electron chi connectivity index (χ4n) is 1.81. The van der Waals surface area contributed by atoms with E-state index in [1.807, 2.05) is 17.4 Å². The van der Waals surface area contributed by atoms with Crippen molar-refractivity contribution in [2.75, 3.05) is 20.8 Å². The number of benzene rings is 1. The van der Waals surface area contributed by atoms with Crippen LogP contribution in [0.25, 0.3) is 10.4 Å². The molecule has 1 aromatic carbocycles. The Morgan fingerprint density at radius 3 is 2.47 bits per heavy atom. The average molecular weight is 277 g/mol. The number of thiophene rings is 1. The maximum atomic E-state index is 5.13. The molecule has 102 valence electrons. The molecular weight excluding hydrogens is 258 g/mol. The van der Waals surface area contributed by atoms with Crippen molar-refractivity contribution >= 4 is 11.3 Å². The van der Waals surface area contributed by atoms with Crippen molar-refractivity contribution in [3.05, 3.63) is 47.3 Å². The van der Waals surface area contributed by atoms with E-state index >= 15 is 0 Å². The van der Waals surface area contributed by atoms with Gasteiger partial charge in [-0.2, -0.15) is 0 Å². The van der Waals surface area contributed by atoms with Crippen LogP contribution in [0.5, 0.6) is 0 Å². The van der Waals surface area contributed by atoms with Crippen LogP contribution in [0.4, 0.5) is 0 Å². The molecule has 0 saturated heterocycles. The van der Waals surface area contributed by atoms with Crippen molar-refractivity contribution in [1.29, 1.82) is 0 Å². The largest absolute Gasteiger partial charge is 0.355 e. The first kappa shape index (κ1) is 14.2. The van der Waals surface area contributed by atoms with Crippen LogP contribution in [0.2, 0.25) is 0 Å². The van der Waals surface area contributed by atoms with Crippen LogP contribution >= 0.6 is 11.3 Å². The van der Waals surface area contributed by atoms with Crippen LogP contribution in [-0.4, -0.2) is 27.1 Å². The smallest absolute Gasteiger partial charge is 0.169 e. The SMILES string of the molecule is COC(CNCc1ccc(-c2ccccc2)s1)OC. The van der Waals surface area contributed by atoms with E-state index < -0.39 is 0 Å². The second-order valence-electron chi connectivity index (χ2n) is 4.16. The van der Waals surface area contributed by atoms with Gasteiger partial charge in [-0.25, -0.2) is 0 Å². The number of hydrogen-bond acceptors (Lipinski definition) is 4. The van der Waals surface area contributed by atoms with Gasteiger partial charge >= 0.3 is 0 Å². The Balaban J connectivity index is 1.88. The molecule has 0 aliphatic heterocycles. The van der Waals surface area contributed by atoms with Crippen LogP contribution in [-0.2, 0) is 16.0 Å². The normalized spacial score (nSPS) is 11.1. The summed E-state index contributed by atoms with van der Waals surface area (Å²) >= 11 is 1.81. The molecule has 4 heteroatoms. The monoisotopic (exact) mass is 277 g/mol. The van der Waals surface area contributed by atoms with E-state index in [1.54, 1.807) is 14.2 Å². The second-order valence-corrected chi connectivity index (χ2v) is 5.33. The highest BCUT2D eigenvalue weighted by Crippen LogP contribution is 2.27. The second kappa shape index (κ2) is 7.40. The highest BCUT2D eigenvalue weighted by atomic mass is 32.1. The van der Waals surface area contributed by atoms with E-state index in [2.05, 4.69) is 41.7 Å². The maximum Gasteiger partial charge on any atom is 0.169 e. The molecule has 0 spiro atoms. The van der Waals surface area contributed by atoms with Crippen LogP contribution in [0.15, 0.2) is 42.5 Å². The van der Waals surface area contributed by atoms with Crippen molar-refractivity contribution in [2.24, 2.45) is 0 Å². The molecule has 0 aliphatic carbocycles. The first-order valence-electron chi connectivity index (χ1n) is 6.24. The van der Waals surface area contributed by atoms with Gasteiger partial charge in [-0.15, -0.1) is 11.3 Å². The first-order valence-corrected chi connectivity index (χ1v) is 7.05. The molecule has 19 heavy (non-hydrogen) atoms. The van der Waals surface area contributed by atoms with Gasteiger partial charge in [0, 0.05) is 37.1 Å². The summed E-state index contributed by atoms with van der Waals surface area (Å²) in [5, 5.41) is 3.33. The van der Waals surface area contributed by atoms with Crippen molar-refractivity contribution in [2.45, 2.75) is 12.8 Å². The molecule has 0 radical (unpaired) electrons. The van der Waals surface area contributed by atoms with Gasteiger partial charge in [-0.3, -0.25) is 0 Å². The summed E-state index contributed by atoms with van der Waals surface area (Å²) in [6.07, 6.45) is -0.187. The number of hydrogen-bond donors (Lipinski definition) is 1. The zero-order valence-electron chi connectivity index (χ0n) is 11.3. The molecule has 0 atom stereocenters. The quantitative estimate of drug-likeness (QED) is 0.789. The van der Waals surface area contributed by atoms with Crippen LogP contribution < -0.4 is 5.32 Å². The van der Waals surface area contributed by atoms with Crippen LogP contribution in [0.3, 0.4) is 0 Å². The standard InChI is InChI=1S/C15H19NO2S/c1-17-15(18-2)11-16-10-13-8-9-14(19-13)12-6-4-3-5-7-12/h3-9,15-16H,10-11H2,1-2H3. The molecule has 1 aromatic heterocycles. The fraction of sp³-hybridized carbons (Fsp3) is 0.333. The van der Waals surface area contributed by atoms with Crippen LogP contribution in [0.1, 0.15) is 4.88 Å². The van der Waals surface area contributed by atoms with Gasteiger partial charge in [0.05, 0.1) is 0 Å². The van der Waals surface area contributed by atoms with Crippen molar-refractivity contribution < 1.29 is 9.47 Å². The minimum absolute atomic E-state index is 0.187. The third kappa shape index (κ3) is 4.14. The average Bonchev–Trinajstić information content (AvgIpc) is 2.93. The third-order valence-corrected chi connectivity index (χ3v) is 3.99. The zero-order valence-corrected chi connectivity index (χ0v) is 12.1. The van der Waals surface area contributed by atoms with Gasteiger partial charge in [-0.1, -0.05) is 30.3 Å². The van der Waals surface area contributed by atoms with E-state index in [1.165, 1.54) is 15.3 Å². The Kier molecular flexibility index (Phi) is 5.54. The summed E-state index contributed by atoms with van der Waals surface area (Å²) in [4.78, 5) is 2.61. The Morgan fingerprint density at radius 1 is 1.05 bits per heavy atom. The fourth-order valence-corrected chi connectivity index (χ4v) is 2.79. The Labute approximate surface area is 118 Å². The molecule has 2 rings (SSSR count). The Bertz CT molecular complexity index is 480. The number of nitrogens with one attached hydrogen (secondary N) is 1. The molecule has 1 heterocycles. The number of methoxy groups -OCH3 is 2. The van der Waals surface area contributed by atoms with E-state index in [4.69, 9.17) is 9.47 Å². The lowest BCUT2D eigenvalue weighted by atomic mass is 10.2. The lowest BCUT2D eigenvalue weighted by Crippen LogP contribution is -2.29. The van der Waals surface area contributed by atoms with Gasteiger partial charge in [0.15, 0.2) is 6.29 Å². The minimum atomic E-state index is -0.187. The van der Waals surface area contributed by atoms with Gasteiger partial charge in [0.2, 0.25) is 0 Å². The molecule has 0 aliphatic rings. The van der Waals surface area contributed by atoms with Crippen molar-refractivity contribution in [1.82, 2.24) is 5.32 Å². The topological polar surface area (TPSA) is 30.5 Å². The molecule has 1 N–H and O–H groups in total. The van der Waals surface area contributed by atoms with Gasteiger partial charge < -0.3 is 14.8 Å². The third-order valence-electron chi connectivity index (χ3n) is 2.86. The molecule has 0 bridgehead atoms. The van der Waals surface area contributed by atoms with Crippen molar-refractivity contribution in [3.63, 3.8) is 0 Å². The highest BCUT2D eigenvalue weighted by Gasteiger charge is 2.05. The minimum Gasteiger partial charge on any atom is -0.355 e. The predicted octanol–water partition coefficient (Wildman–Crippen LogP) is 3.12. The van der Waals surface area contributed by atoms with Gasteiger partial charge in [0.25, 0.3) is 0 Å². The summed E-state index contributed by atoms with van der Waals surface area (Å²) < 4.78 is 10.3. The summed E-state index contributed by atoms with van der Waals surface area (Å²) in [6, 6.07) is 14.8. The first-order chi connectivity index (χ1) is 9.33. The van der Waals surface area contributed by atoms with E-state index in [-0.39, 0.29) is 6.29 Å². The van der Waals surface area contributed by atoms with Gasteiger partial charge in [-0.05, 0) is 17.7 Å². The maximum absolute atomic E-state index is 5.13. The lowest BCUT2D eigenvalue weighted by molar-refractivity contribution is -0.0988. The summed E-state index contributed by atoms with van der Waals surface area (Å²) in [5.74, 6) is 0. The highest BCUT2D eigenvalue weighted by molar-refractivity contribution is 7.15. The number of ether oxygens (including phenoxy) is 2. The summed E-state index contributed by atoms with van der Waals surface area (Å²) in [5.41, 5.74) is 1.27. The summed E-state index contributed by atoms with van der Waals surface area (Å²) in [7, 11) is 3.29. The van der Waals surface area contributed by atoms with E-state index in [9.17, 15) is 0 Å². The van der Waals surface area contributed by atoms with Crippen LogP contribution in [0, 0.1) is 0 Å². The van der Waals surface area contributed by atoms with Gasteiger partial charge in [0.1, 0.15) is 0 Å². The molecule has 2 aromatic rings. The molecule has 0 amide bonds. The molecule has 0 saturated carbocycles. The number of rotatable bonds is 7. The van der Waals surface area contributed by atoms with E-state index in [0.29, 0.717) is 6.54 Å².